The molecule has 8 nitrogen and oxygen atoms in total. The van der Waals surface area contributed by atoms with Crippen LogP contribution in [0, 0.1) is 16.0 Å². The average Bonchev–Trinajstić information content (AvgIpc) is 3.11. The fourth-order valence-corrected chi connectivity index (χ4v) is 3.53. The maximum Gasteiger partial charge on any atom is 0.292 e. The van der Waals surface area contributed by atoms with Gasteiger partial charge in [0, 0.05) is 25.1 Å². The number of piperidine rings is 1. The number of nitro groups is 1. The van der Waals surface area contributed by atoms with Gasteiger partial charge in [0.1, 0.15) is 12.0 Å². The van der Waals surface area contributed by atoms with Crippen LogP contribution in [0.4, 0.5) is 11.4 Å². The van der Waals surface area contributed by atoms with E-state index >= 15 is 0 Å². The molecule has 0 aliphatic carbocycles. The molecule has 1 aromatic heterocycles. The molecular weight excluding hydrogens is 346 g/mol. The predicted molar refractivity (Wildman–Crippen MR) is 102 cm³/mol. The van der Waals surface area contributed by atoms with Gasteiger partial charge < -0.3 is 4.90 Å². The van der Waals surface area contributed by atoms with E-state index in [1.54, 1.807) is 29.2 Å². The van der Waals surface area contributed by atoms with Crippen LogP contribution in [0.3, 0.4) is 0 Å². The summed E-state index contributed by atoms with van der Waals surface area (Å²) < 4.78 is 1.64. The number of carbonyl (C=O) groups is 1. The quantitative estimate of drug-likeness (QED) is 0.567. The first-order valence-corrected chi connectivity index (χ1v) is 8.85. The molecule has 1 aliphatic rings. The summed E-state index contributed by atoms with van der Waals surface area (Å²) in [7, 11) is 0. The predicted octanol–water partition coefficient (Wildman–Crippen LogP) is 2.93. The molecule has 4 rings (SSSR count). The average molecular weight is 365 g/mol. The van der Waals surface area contributed by atoms with Crippen molar-refractivity contribution in [3.05, 3.63) is 65.0 Å². The zero-order valence-electron chi connectivity index (χ0n) is 14.6. The van der Waals surface area contributed by atoms with Crippen LogP contribution in [0.25, 0.3) is 11.0 Å². The first kappa shape index (κ1) is 17.0. The van der Waals surface area contributed by atoms with E-state index in [1.807, 2.05) is 29.2 Å². The van der Waals surface area contributed by atoms with E-state index in [0.29, 0.717) is 31.6 Å². The van der Waals surface area contributed by atoms with Gasteiger partial charge in [0.05, 0.1) is 16.0 Å². The lowest BCUT2D eigenvalue weighted by molar-refractivity contribution is -0.384. The third kappa shape index (κ3) is 3.33. The van der Waals surface area contributed by atoms with Crippen molar-refractivity contribution in [2.24, 2.45) is 5.92 Å². The van der Waals surface area contributed by atoms with Crippen LogP contribution in [0.5, 0.6) is 0 Å². The maximum absolute atomic E-state index is 12.6. The Labute approximate surface area is 155 Å². The molecule has 1 amide bonds. The van der Waals surface area contributed by atoms with Crippen LogP contribution in [0.2, 0.25) is 0 Å². The highest BCUT2D eigenvalue weighted by Gasteiger charge is 2.28. The van der Waals surface area contributed by atoms with Gasteiger partial charge >= 0.3 is 0 Å². The van der Waals surface area contributed by atoms with Crippen LogP contribution in [-0.2, 0) is 4.79 Å². The topological polar surface area (TPSA) is 93.3 Å². The molecule has 1 aliphatic heterocycles. The smallest absolute Gasteiger partial charge is 0.292 e. The molecule has 27 heavy (non-hydrogen) atoms. The number of aromatic nitrogens is 2. The van der Waals surface area contributed by atoms with E-state index in [-0.39, 0.29) is 22.4 Å². The van der Waals surface area contributed by atoms with E-state index in [2.05, 4.69) is 10.4 Å². The Hall–Kier alpha value is -3.42. The number of rotatable bonds is 4. The largest absolute Gasteiger partial charge is 0.366 e. The van der Waals surface area contributed by atoms with Crippen LogP contribution < -0.4 is 10.3 Å². The third-order valence-electron chi connectivity index (χ3n) is 4.97. The van der Waals surface area contributed by atoms with Crippen molar-refractivity contribution in [2.75, 3.05) is 23.4 Å². The number of hydrogen-bond donors (Lipinski definition) is 1. The van der Waals surface area contributed by atoms with Gasteiger partial charge in [0.15, 0.2) is 0 Å². The summed E-state index contributed by atoms with van der Waals surface area (Å²) in [5, 5.41) is 11.2. The van der Waals surface area contributed by atoms with Crippen molar-refractivity contribution >= 4 is 28.3 Å². The van der Waals surface area contributed by atoms with Crippen molar-refractivity contribution in [1.29, 1.82) is 0 Å². The fraction of sp³-hybridized carbons (Fsp3) is 0.263. The van der Waals surface area contributed by atoms with E-state index in [4.69, 9.17) is 0 Å². The molecule has 1 N–H and O–H groups in total. The minimum atomic E-state index is -0.363. The number of anilines is 1. The lowest BCUT2D eigenvalue weighted by Crippen LogP contribution is -2.40. The first-order chi connectivity index (χ1) is 13.1. The summed E-state index contributed by atoms with van der Waals surface area (Å²) in [4.78, 5) is 29.8. The molecule has 0 atom stereocenters. The summed E-state index contributed by atoms with van der Waals surface area (Å²) >= 11 is 0. The molecule has 0 spiro atoms. The Morgan fingerprint density at radius 1 is 1.11 bits per heavy atom. The normalized spacial score (nSPS) is 15.0. The number of hydrogen-bond acceptors (Lipinski definition) is 5. The minimum absolute atomic E-state index is 0.0552. The molecule has 0 saturated carbocycles. The van der Waals surface area contributed by atoms with Crippen molar-refractivity contribution < 1.29 is 9.72 Å². The number of nitro benzene ring substituents is 1. The van der Waals surface area contributed by atoms with Crippen molar-refractivity contribution in [3.63, 3.8) is 0 Å². The molecule has 1 fully saturated rings. The van der Waals surface area contributed by atoms with E-state index in [9.17, 15) is 14.9 Å². The monoisotopic (exact) mass is 365 g/mol. The molecular formula is C19H19N5O3. The van der Waals surface area contributed by atoms with Crippen LogP contribution in [-0.4, -0.2) is 33.6 Å². The Bertz CT molecular complexity index is 992. The number of nitrogens with zero attached hydrogens (tertiary/aromatic N) is 4. The number of fused-ring (bicyclic) bond motifs is 1. The van der Waals surface area contributed by atoms with E-state index in [0.717, 1.165) is 11.0 Å². The number of imidazole rings is 1. The zero-order valence-corrected chi connectivity index (χ0v) is 14.6. The number of para-hydroxylation sites is 4. The first-order valence-electron chi connectivity index (χ1n) is 8.85. The second-order valence-corrected chi connectivity index (χ2v) is 6.59. The van der Waals surface area contributed by atoms with Crippen molar-refractivity contribution in [2.45, 2.75) is 12.8 Å². The van der Waals surface area contributed by atoms with E-state index < -0.39 is 0 Å². The number of carbonyl (C=O) groups excluding carboxylic acids is 1. The summed E-state index contributed by atoms with van der Waals surface area (Å²) in [5.41, 5.74) is 5.30. The molecule has 2 heterocycles. The van der Waals surface area contributed by atoms with Gasteiger partial charge in [-0.25, -0.2) is 9.66 Å². The molecule has 0 radical (unpaired) electrons. The number of nitrogens with one attached hydrogen (secondary N) is 1. The standard InChI is InChI=1S/C19H19N5O3/c25-19(21-23-13-20-15-5-1-2-6-16(15)23)14-9-11-22(12-10-14)17-7-3-4-8-18(17)24(26)27/h1-8,13-14H,9-12H2,(H,21,25). The number of amides is 1. The minimum Gasteiger partial charge on any atom is -0.366 e. The molecule has 3 aromatic rings. The lowest BCUT2D eigenvalue weighted by atomic mass is 9.95. The van der Waals surface area contributed by atoms with Gasteiger partial charge in [0.25, 0.3) is 5.69 Å². The molecule has 138 valence electrons. The molecule has 2 aromatic carbocycles. The summed E-state index contributed by atoms with van der Waals surface area (Å²) in [5.74, 6) is -0.189. The lowest BCUT2D eigenvalue weighted by Gasteiger charge is -2.32. The second-order valence-electron chi connectivity index (χ2n) is 6.59. The molecule has 8 heteroatoms. The van der Waals surface area contributed by atoms with Crippen molar-refractivity contribution in [3.8, 4) is 0 Å². The van der Waals surface area contributed by atoms with E-state index in [1.165, 1.54) is 6.07 Å². The zero-order chi connectivity index (χ0) is 18.8. The van der Waals surface area contributed by atoms with Gasteiger partial charge in [-0.1, -0.05) is 24.3 Å². The van der Waals surface area contributed by atoms with Gasteiger partial charge in [-0.05, 0) is 31.0 Å². The molecule has 1 saturated heterocycles. The van der Waals surface area contributed by atoms with Gasteiger partial charge in [-0.3, -0.25) is 20.3 Å². The van der Waals surface area contributed by atoms with Crippen LogP contribution >= 0.6 is 0 Å². The van der Waals surface area contributed by atoms with Gasteiger partial charge in [-0.15, -0.1) is 0 Å². The Morgan fingerprint density at radius 3 is 2.59 bits per heavy atom. The Morgan fingerprint density at radius 2 is 1.81 bits per heavy atom. The van der Waals surface area contributed by atoms with Crippen LogP contribution in [0.15, 0.2) is 54.9 Å². The highest BCUT2D eigenvalue weighted by atomic mass is 16.6. The van der Waals surface area contributed by atoms with Gasteiger partial charge in [-0.2, -0.15) is 0 Å². The SMILES string of the molecule is O=C(Nn1cnc2ccccc21)C1CCN(c2ccccc2[N+](=O)[O-])CC1. The Kier molecular flexibility index (Phi) is 4.45. The second kappa shape index (κ2) is 7.06. The fourth-order valence-electron chi connectivity index (χ4n) is 3.53. The van der Waals surface area contributed by atoms with Crippen molar-refractivity contribution in [1.82, 2.24) is 9.66 Å². The van der Waals surface area contributed by atoms with Crippen LogP contribution in [0.1, 0.15) is 12.8 Å². The Balaban J connectivity index is 1.42. The summed E-state index contributed by atoms with van der Waals surface area (Å²) in [6.07, 6.45) is 2.89. The highest BCUT2D eigenvalue weighted by molar-refractivity contribution is 5.88. The summed E-state index contributed by atoms with van der Waals surface area (Å²) in [6.45, 7) is 1.21. The number of benzene rings is 2. The maximum atomic E-state index is 12.6. The summed E-state index contributed by atoms with van der Waals surface area (Å²) in [6, 6.07) is 14.3. The van der Waals surface area contributed by atoms with Gasteiger partial charge in [0.2, 0.25) is 5.91 Å². The molecule has 0 bridgehead atoms. The third-order valence-corrected chi connectivity index (χ3v) is 4.97. The molecule has 0 unspecified atom stereocenters. The highest BCUT2D eigenvalue weighted by Crippen LogP contribution is 2.31.